The Morgan fingerprint density at radius 3 is 2.33 bits per heavy atom. The van der Waals surface area contributed by atoms with Crippen molar-refractivity contribution in [2.24, 2.45) is 0 Å². The molecule has 3 aromatic carbocycles. The third kappa shape index (κ3) is 4.46. The number of ether oxygens (including phenoxy) is 2. The van der Waals surface area contributed by atoms with Gasteiger partial charge in [-0.15, -0.1) is 0 Å². The van der Waals surface area contributed by atoms with Crippen molar-refractivity contribution in [3.05, 3.63) is 101 Å². The predicted octanol–water partition coefficient (Wildman–Crippen LogP) is 3.70. The molecule has 1 aromatic heterocycles. The minimum Gasteiger partial charge on any atom is -0.497 e. The first-order valence-corrected chi connectivity index (χ1v) is 11.2. The Morgan fingerprint density at radius 2 is 1.64 bits per heavy atom. The third-order valence-corrected chi connectivity index (χ3v) is 5.82. The molecule has 180 valence electrons. The van der Waals surface area contributed by atoms with E-state index >= 15 is 0 Å². The van der Waals surface area contributed by atoms with Gasteiger partial charge in [0.1, 0.15) is 11.8 Å². The number of aromatic nitrogens is 2. The normalized spacial score (nSPS) is 13.4. The van der Waals surface area contributed by atoms with Crippen LogP contribution in [0.2, 0.25) is 0 Å². The average Bonchev–Trinajstić information content (AvgIpc) is 3.50. The second kappa shape index (κ2) is 9.83. The molecule has 0 saturated heterocycles. The van der Waals surface area contributed by atoms with Gasteiger partial charge in [-0.05, 0) is 29.8 Å². The Morgan fingerprint density at radius 1 is 0.944 bits per heavy atom. The molecule has 0 fully saturated rings. The van der Waals surface area contributed by atoms with E-state index < -0.39 is 23.8 Å². The predicted molar refractivity (Wildman–Crippen MR) is 127 cm³/mol. The van der Waals surface area contributed by atoms with Gasteiger partial charge in [0.2, 0.25) is 5.82 Å². The van der Waals surface area contributed by atoms with Crippen molar-refractivity contribution in [2.75, 3.05) is 7.11 Å². The van der Waals surface area contributed by atoms with Crippen LogP contribution >= 0.6 is 0 Å². The fraction of sp³-hybridized carbons (Fsp3) is 0.148. The van der Waals surface area contributed by atoms with Gasteiger partial charge >= 0.3 is 5.97 Å². The highest BCUT2D eigenvalue weighted by molar-refractivity contribution is 6.22. The summed E-state index contributed by atoms with van der Waals surface area (Å²) < 4.78 is 15.9. The number of nitrogens with zero attached hydrogens (tertiary/aromatic N) is 3. The van der Waals surface area contributed by atoms with E-state index in [-0.39, 0.29) is 30.0 Å². The number of methoxy groups -OCH3 is 1. The summed E-state index contributed by atoms with van der Waals surface area (Å²) in [6, 6.07) is 21.6. The van der Waals surface area contributed by atoms with Crippen LogP contribution in [-0.4, -0.2) is 46.0 Å². The zero-order valence-electron chi connectivity index (χ0n) is 19.3. The van der Waals surface area contributed by atoms with Crippen LogP contribution in [0.15, 0.2) is 83.4 Å². The van der Waals surface area contributed by atoms with Crippen LogP contribution in [-0.2, 0) is 22.6 Å². The van der Waals surface area contributed by atoms with E-state index in [9.17, 15) is 14.4 Å². The van der Waals surface area contributed by atoms with Crippen LogP contribution in [0, 0.1) is 0 Å². The Bertz CT molecular complexity index is 1400. The molecule has 0 spiro atoms. The molecule has 1 aliphatic heterocycles. The van der Waals surface area contributed by atoms with E-state index in [4.69, 9.17) is 14.0 Å². The minimum absolute atomic E-state index is 0.0713. The lowest BCUT2D eigenvalue weighted by atomic mass is 10.0. The lowest BCUT2D eigenvalue weighted by Crippen LogP contribution is -2.47. The van der Waals surface area contributed by atoms with E-state index in [1.165, 1.54) is 0 Å². The summed E-state index contributed by atoms with van der Waals surface area (Å²) >= 11 is 0. The van der Waals surface area contributed by atoms with E-state index in [0.717, 1.165) is 10.5 Å². The van der Waals surface area contributed by atoms with E-state index in [1.54, 1.807) is 55.6 Å². The molecule has 4 aromatic rings. The highest BCUT2D eigenvalue weighted by Crippen LogP contribution is 2.27. The van der Waals surface area contributed by atoms with Crippen molar-refractivity contribution in [3.63, 3.8) is 0 Å². The van der Waals surface area contributed by atoms with Crippen LogP contribution in [0.4, 0.5) is 0 Å². The molecular weight excluding hydrogens is 462 g/mol. The summed E-state index contributed by atoms with van der Waals surface area (Å²) in [4.78, 5) is 44.6. The molecule has 5 rings (SSSR count). The number of imide groups is 1. The molecule has 9 heteroatoms. The maximum atomic E-state index is 13.2. The zero-order chi connectivity index (χ0) is 25.1. The number of fused-ring (bicyclic) bond motifs is 1. The molecular formula is C27H21N3O6. The SMILES string of the molecule is COc1cccc(-c2noc(COC(=O)[C@H](Cc3ccccc3)N3C(=O)c4ccccc4C3=O)n2)c1. The van der Waals surface area contributed by atoms with Crippen molar-refractivity contribution in [2.45, 2.75) is 19.1 Å². The zero-order valence-corrected chi connectivity index (χ0v) is 19.3. The third-order valence-electron chi connectivity index (χ3n) is 5.82. The molecule has 0 unspecified atom stereocenters. The van der Waals surface area contributed by atoms with Crippen molar-refractivity contribution in [3.8, 4) is 17.1 Å². The second-order valence-electron chi connectivity index (χ2n) is 8.08. The van der Waals surface area contributed by atoms with Crippen molar-refractivity contribution in [1.29, 1.82) is 0 Å². The summed E-state index contributed by atoms with van der Waals surface area (Å²) in [5, 5.41) is 3.93. The molecule has 1 atom stereocenters. The second-order valence-corrected chi connectivity index (χ2v) is 8.08. The fourth-order valence-electron chi connectivity index (χ4n) is 4.03. The summed E-state index contributed by atoms with van der Waals surface area (Å²) in [5.41, 5.74) is 1.96. The first kappa shape index (κ1) is 23.0. The van der Waals surface area contributed by atoms with Crippen LogP contribution in [0.5, 0.6) is 5.75 Å². The van der Waals surface area contributed by atoms with Gasteiger partial charge < -0.3 is 14.0 Å². The summed E-state index contributed by atoms with van der Waals surface area (Å²) in [6.07, 6.45) is 0.101. The van der Waals surface area contributed by atoms with Crippen LogP contribution in [0.3, 0.4) is 0 Å². The summed E-state index contributed by atoms with van der Waals surface area (Å²) in [6.45, 7) is -0.315. The first-order chi connectivity index (χ1) is 17.5. The standard InChI is InChI=1S/C27H21N3O6/c1-34-19-11-7-10-18(15-19)24-28-23(36-29-24)16-35-27(33)22(14-17-8-3-2-4-9-17)30-25(31)20-12-5-6-13-21(20)26(30)32/h2-13,15,22H,14,16H2,1H3/t22-/m0/s1. The molecule has 2 amide bonds. The number of hydrogen-bond donors (Lipinski definition) is 0. The molecule has 0 radical (unpaired) electrons. The lowest BCUT2D eigenvalue weighted by molar-refractivity contribution is -0.150. The maximum absolute atomic E-state index is 13.2. The van der Waals surface area contributed by atoms with Crippen molar-refractivity contribution >= 4 is 17.8 Å². The monoisotopic (exact) mass is 483 g/mol. The molecule has 0 aliphatic carbocycles. The van der Waals surface area contributed by atoms with Crippen molar-refractivity contribution < 1.29 is 28.4 Å². The molecule has 2 heterocycles. The molecule has 0 bridgehead atoms. The lowest BCUT2D eigenvalue weighted by Gasteiger charge is -2.24. The summed E-state index contributed by atoms with van der Waals surface area (Å²) in [5.74, 6) is -0.814. The van der Waals surface area contributed by atoms with Gasteiger partial charge in [0.25, 0.3) is 17.7 Å². The number of esters is 1. The number of carbonyl (C=O) groups excluding carboxylic acids is 3. The van der Waals surface area contributed by atoms with Crippen molar-refractivity contribution in [1.82, 2.24) is 15.0 Å². The number of rotatable bonds is 8. The van der Waals surface area contributed by atoms with Gasteiger partial charge in [-0.1, -0.05) is 59.8 Å². The Balaban J connectivity index is 1.35. The number of amides is 2. The van der Waals surface area contributed by atoms with Gasteiger partial charge in [-0.3, -0.25) is 14.5 Å². The molecule has 0 saturated carbocycles. The Kier molecular flexibility index (Phi) is 6.27. The fourth-order valence-corrected chi connectivity index (χ4v) is 4.03. The average molecular weight is 483 g/mol. The molecule has 36 heavy (non-hydrogen) atoms. The minimum atomic E-state index is -1.17. The van der Waals surface area contributed by atoms with Gasteiger partial charge in [0.15, 0.2) is 6.61 Å². The van der Waals surface area contributed by atoms with Gasteiger partial charge in [-0.25, -0.2) is 4.79 Å². The van der Waals surface area contributed by atoms with Crippen LogP contribution < -0.4 is 4.74 Å². The van der Waals surface area contributed by atoms with Crippen LogP contribution in [0.1, 0.15) is 32.2 Å². The Labute approximate surface area is 206 Å². The number of benzene rings is 3. The molecule has 9 nitrogen and oxygen atoms in total. The van der Waals surface area contributed by atoms with Gasteiger partial charge in [-0.2, -0.15) is 4.98 Å². The van der Waals surface area contributed by atoms with E-state index in [0.29, 0.717) is 17.1 Å². The smallest absolute Gasteiger partial charge is 0.330 e. The summed E-state index contributed by atoms with van der Waals surface area (Å²) in [7, 11) is 1.56. The Hall–Kier alpha value is -4.79. The van der Waals surface area contributed by atoms with Crippen LogP contribution in [0.25, 0.3) is 11.4 Å². The number of carbonyl (C=O) groups is 3. The largest absolute Gasteiger partial charge is 0.497 e. The van der Waals surface area contributed by atoms with Gasteiger partial charge in [0, 0.05) is 12.0 Å². The topological polar surface area (TPSA) is 112 Å². The highest BCUT2D eigenvalue weighted by Gasteiger charge is 2.43. The quantitative estimate of drug-likeness (QED) is 0.276. The molecule has 1 aliphatic rings. The maximum Gasteiger partial charge on any atom is 0.330 e. The van der Waals surface area contributed by atoms with E-state index in [2.05, 4.69) is 10.1 Å². The number of hydrogen-bond acceptors (Lipinski definition) is 8. The van der Waals surface area contributed by atoms with E-state index in [1.807, 2.05) is 30.3 Å². The first-order valence-electron chi connectivity index (χ1n) is 11.2. The van der Waals surface area contributed by atoms with Gasteiger partial charge in [0.05, 0.1) is 18.2 Å². The molecule has 0 N–H and O–H groups in total. The highest BCUT2D eigenvalue weighted by atomic mass is 16.6.